The van der Waals surface area contributed by atoms with E-state index in [9.17, 15) is 0 Å². The molecule has 0 unspecified atom stereocenters. The summed E-state index contributed by atoms with van der Waals surface area (Å²) in [6.45, 7) is 7.60. The molecule has 1 rings (SSSR count). The summed E-state index contributed by atoms with van der Waals surface area (Å²) >= 11 is 1.71. The molecule has 13 heavy (non-hydrogen) atoms. The third-order valence-electron chi connectivity index (χ3n) is 1.72. The van der Waals surface area contributed by atoms with Gasteiger partial charge < -0.3 is 5.32 Å². The van der Waals surface area contributed by atoms with Gasteiger partial charge in [-0.15, -0.1) is 11.3 Å². The molecule has 0 aliphatic rings. The van der Waals surface area contributed by atoms with E-state index in [-0.39, 0.29) is 0 Å². The number of aryl methyl sites for hydroxylation is 1. The molecular formula is C10H18N2S. The predicted molar refractivity (Wildman–Crippen MR) is 59.4 cm³/mol. The van der Waals surface area contributed by atoms with Crippen LogP contribution in [-0.2, 0) is 6.42 Å². The first-order valence-electron chi connectivity index (χ1n) is 4.90. The van der Waals surface area contributed by atoms with Crippen LogP contribution in [0.4, 0.5) is 5.13 Å². The van der Waals surface area contributed by atoms with Crippen LogP contribution in [0, 0.1) is 5.92 Å². The van der Waals surface area contributed by atoms with E-state index in [1.807, 2.05) is 0 Å². The number of nitrogens with one attached hydrogen (secondary N) is 1. The van der Waals surface area contributed by atoms with Crippen LogP contribution in [0.15, 0.2) is 5.38 Å². The molecule has 1 N–H and O–H groups in total. The molecule has 0 aromatic carbocycles. The zero-order valence-electron chi connectivity index (χ0n) is 8.63. The number of aromatic nitrogens is 1. The van der Waals surface area contributed by atoms with Crippen LogP contribution in [0.3, 0.4) is 0 Å². The molecular weight excluding hydrogens is 180 g/mol. The number of rotatable bonds is 5. The Balaban J connectivity index is 2.39. The highest BCUT2D eigenvalue weighted by Gasteiger charge is 2.00. The van der Waals surface area contributed by atoms with Crippen LogP contribution in [0.1, 0.15) is 32.9 Å². The minimum Gasteiger partial charge on any atom is -0.361 e. The maximum absolute atomic E-state index is 4.48. The van der Waals surface area contributed by atoms with E-state index in [1.165, 1.54) is 12.1 Å². The molecule has 0 saturated carbocycles. The van der Waals surface area contributed by atoms with Crippen molar-refractivity contribution in [2.75, 3.05) is 11.9 Å². The van der Waals surface area contributed by atoms with Crippen molar-refractivity contribution in [2.24, 2.45) is 5.92 Å². The molecule has 0 saturated heterocycles. The number of anilines is 1. The molecule has 0 atom stereocenters. The fourth-order valence-corrected chi connectivity index (χ4v) is 1.81. The zero-order valence-corrected chi connectivity index (χ0v) is 9.45. The molecule has 1 aromatic rings. The van der Waals surface area contributed by atoms with Crippen molar-refractivity contribution >= 4 is 16.5 Å². The van der Waals surface area contributed by atoms with E-state index < -0.39 is 0 Å². The van der Waals surface area contributed by atoms with Crippen molar-refractivity contribution in [3.63, 3.8) is 0 Å². The van der Waals surface area contributed by atoms with Gasteiger partial charge in [0.1, 0.15) is 0 Å². The van der Waals surface area contributed by atoms with Gasteiger partial charge in [0.2, 0.25) is 0 Å². The fourth-order valence-electron chi connectivity index (χ4n) is 1.05. The lowest BCUT2D eigenvalue weighted by molar-refractivity contribution is 0.688. The van der Waals surface area contributed by atoms with Crippen molar-refractivity contribution in [1.29, 1.82) is 0 Å². The standard InChI is InChI=1S/C10H18N2S/c1-4-5-9-7-13-10(12-9)11-6-8(2)3/h7-8H,4-6H2,1-3H3,(H,11,12). The summed E-state index contributed by atoms with van der Waals surface area (Å²) in [5, 5.41) is 6.54. The molecule has 0 aliphatic carbocycles. The van der Waals surface area contributed by atoms with E-state index in [2.05, 4.69) is 36.5 Å². The average molecular weight is 198 g/mol. The van der Waals surface area contributed by atoms with Gasteiger partial charge in [-0.3, -0.25) is 0 Å². The molecule has 0 amide bonds. The number of thiazole rings is 1. The molecule has 3 heteroatoms. The van der Waals surface area contributed by atoms with Crippen LogP contribution in [0.5, 0.6) is 0 Å². The first kappa shape index (κ1) is 10.5. The highest BCUT2D eigenvalue weighted by molar-refractivity contribution is 7.13. The number of nitrogens with zero attached hydrogens (tertiary/aromatic N) is 1. The SMILES string of the molecule is CCCc1csc(NCC(C)C)n1. The molecule has 0 radical (unpaired) electrons. The summed E-state index contributed by atoms with van der Waals surface area (Å²) in [5.74, 6) is 0.679. The second kappa shape index (κ2) is 5.22. The summed E-state index contributed by atoms with van der Waals surface area (Å²) < 4.78 is 0. The average Bonchev–Trinajstić information content (AvgIpc) is 2.50. The second-order valence-electron chi connectivity index (χ2n) is 3.67. The Bertz CT molecular complexity index is 243. The highest BCUT2D eigenvalue weighted by atomic mass is 32.1. The summed E-state index contributed by atoms with van der Waals surface area (Å²) in [4.78, 5) is 4.48. The van der Waals surface area contributed by atoms with E-state index in [4.69, 9.17) is 0 Å². The minimum absolute atomic E-state index is 0.679. The number of hydrogen-bond acceptors (Lipinski definition) is 3. The molecule has 0 spiro atoms. The largest absolute Gasteiger partial charge is 0.361 e. The van der Waals surface area contributed by atoms with Gasteiger partial charge in [0, 0.05) is 11.9 Å². The van der Waals surface area contributed by atoms with Gasteiger partial charge in [-0.1, -0.05) is 27.2 Å². The summed E-state index contributed by atoms with van der Waals surface area (Å²) in [6, 6.07) is 0. The molecule has 0 bridgehead atoms. The summed E-state index contributed by atoms with van der Waals surface area (Å²) in [5.41, 5.74) is 1.22. The highest BCUT2D eigenvalue weighted by Crippen LogP contribution is 2.16. The van der Waals surface area contributed by atoms with E-state index in [0.717, 1.165) is 18.1 Å². The Morgan fingerprint density at radius 1 is 1.54 bits per heavy atom. The number of hydrogen-bond donors (Lipinski definition) is 1. The van der Waals surface area contributed by atoms with E-state index in [0.29, 0.717) is 5.92 Å². The Morgan fingerprint density at radius 3 is 2.92 bits per heavy atom. The Kier molecular flexibility index (Phi) is 4.22. The van der Waals surface area contributed by atoms with Crippen LogP contribution < -0.4 is 5.32 Å². The third-order valence-corrected chi connectivity index (χ3v) is 2.57. The van der Waals surface area contributed by atoms with Gasteiger partial charge in [-0.25, -0.2) is 4.98 Å². The normalized spacial score (nSPS) is 10.8. The Hall–Kier alpha value is -0.570. The van der Waals surface area contributed by atoms with E-state index in [1.54, 1.807) is 11.3 Å². The maximum Gasteiger partial charge on any atom is 0.182 e. The van der Waals surface area contributed by atoms with Crippen LogP contribution >= 0.6 is 11.3 Å². The van der Waals surface area contributed by atoms with Crippen LogP contribution in [-0.4, -0.2) is 11.5 Å². The summed E-state index contributed by atoms with van der Waals surface area (Å²) in [7, 11) is 0. The smallest absolute Gasteiger partial charge is 0.182 e. The Labute approximate surface area is 84.4 Å². The van der Waals surface area contributed by atoms with Gasteiger partial charge in [0.05, 0.1) is 5.69 Å². The van der Waals surface area contributed by atoms with Crippen molar-refractivity contribution in [3.05, 3.63) is 11.1 Å². The molecule has 2 nitrogen and oxygen atoms in total. The predicted octanol–water partition coefficient (Wildman–Crippen LogP) is 3.16. The quantitative estimate of drug-likeness (QED) is 0.786. The van der Waals surface area contributed by atoms with Crippen LogP contribution in [0.2, 0.25) is 0 Å². The monoisotopic (exact) mass is 198 g/mol. The topological polar surface area (TPSA) is 24.9 Å². The van der Waals surface area contributed by atoms with Gasteiger partial charge in [0.25, 0.3) is 0 Å². The van der Waals surface area contributed by atoms with Gasteiger partial charge in [0.15, 0.2) is 5.13 Å². The lowest BCUT2D eigenvalue weighted by atomic mass is 10.2. The first-order valence-corrected chi connectivity index (χ1v) is 5.78. The molecule has 1 aromatic heterocycles. The van der Waals surface area contributed by atoms with Crippen LogP contribution in [0.25, 0.3) is 0 Å². The van der Waals surface area contributed by atoms with E-state index >= 15 is 0 Å². The Morgan fingerprint density at radius 2 is 2.31 bits per heavy atom. The van der Waals surface area contributed by atoms with Gasteiger partial charge in [-0.2, -0.15) is 0 Å². The van der Waals surface area contributed by atoms with Crippen molar-refractivity contribution in [1.82, 2.24) is 4.98 Å². The second-order valence-corrected chi connectivity index (χ2v) is 4.53. The van der Waals surface area contributed by atoms with Crippen molar-refractivity contribution in [3.8, 4) is 0 Å². The van der Waals surface area contributed by atoms with Crippen molar-refractivity contribution in [2.45, 2.75) is 33.6 Å². The zero-order chi connectivity index (χ0) is 9.68. The maximum atomic E-state index is 4.48. The fraction of sp³-hybridized carbons (Fsp3) is 0.700. The molecule has 1 heterocycles. The molecule has 0 aliphatic heterocycles. The third kappa shape index (κ3) is 3.77. The first-order chi connectivity index (χ1) is 6.22. The lowest BCUT2D eigenvalue weighted by Gasteiger charge is -2.04. The lowest BCUT2D eigenvalue weighted by Crippen LogP contribution is -2.07. The molecule has 74 valence electrons. The minimum atomic E-state index is 0.679. The summed E-state index contributed by atoms with van der Waals surface area (Å²) in [6.07, 6.45) is 2.27. The van der Waals surface area contributed by atoms with Crippen molar-refractivity contribution < 1.29 is 0 Å². The van der Waals surface area contributed by atoms with Gasteiger partial charge in [-0.05, 0) is 12.3 Å². The molecule has 0 fully saturated rings. The van der Waals surface area contributed by atoms with Gasteiger partial charge >= 0.3 is 0 Å².